The van der Waals surface area contributed by atoms with Crippen LogP contribution in [0, 0.1) is 13.8 Å². The first-order valence-corrected chi connectivity index (χ1v) is 10.5. The summed E-state index contributed by atoms with van der Waals surface area (Å²) >= 11 is 18.4. The van der Waals surface area contributed by atoms with Crippen molar-refractivity contribution in [2.45, 2.75) is 13.8 Å². The Labute approximate surface area is 194 Å². The van der Waals surface area contributed by atoms with E-state index >= 15 is 0 Å². The zero-order valence-corrected chi connectivity index (χ0v) is 18.9. The minimum Gasteiger partial charge on any atom is -0.319 e. The smallest absolute Gasteiger partial charge is 0.295 e. The number of anilines is 1. The molecule has 0 fully saturated rings. The molecule has 1 aromatic heterocycles. The summed E-state index contributed by atoms with van der Waals surface area (Å²) in [4.78, 5) is 17.4. The lowest BCUT2D eigenvalue weighted by molar-refractivity contribution is 0.101. The fourth-order valence-corrected chi connectivity index (χ4v) is 3.63. The molecule has 0 unspecified atom stereocenters. The number of aryl methyl sites for hydroxylation is 2. The zero-order chi connectivity index (χ0) is 22.1. The molecule has 1 amide bonds. The monoisotopic (exact) mass is 470 g/mol. The van der Waals surface area contributed by atoms with Gasteiger partial charge in [-0.05, 0) is 55.8 Å². The molecule has 0 aliphatic rings. The summed E-state index contributed by atoms with van der Waals surface area (Å²) in [6, 6.07) is 18.0. The van der Waals surface area contributed by atoms with Crippen LogP contribution in [0.25, 0.3) is 17.1 Å². The van der Waals surface area contributed by atoms with Crippen LogP contribution in [0.15, 0.2) is 60.7 Å². The third kappa shape index (κ3) is 4.59. The van der Waals surface area contributed by atoms with Crippen LogP contribution < -0.4 is 5.32 Å². The van der Waals surface area contributed by atoms with Crippen molar-refractivity contribution in [3.05, 3.63) is 92.7 Å². The highest BCUT2D eigenvalue weighted by Crippen LogP contribution is 2.28. The van der Waals surface area contributed by atoms with Gasteiger partial charge in [0.25, 0.3) is 5.91 Å². The highest BCUT2D eigenvalue weighted by atomic mass is 35.5. The van der Waals surface area contributed by atoms with Crippen LogP contribution in [0.1, 0.15) is 21.7 Å². The largest absolute Gasteiger partial charge is 0.319 e. The molecule has 0 spiro atoms. The molecule has 0 bridgehead atoms. The third-order valence-electron chi connectivity index (χ3n) is 4.67. The number of halogens is 3. The quantitative estimate of drug-likeness (QED) is 0.357. The molecule has 0 atom stereocenters. The molecule has 1 N–H and O–H groups in total. The number of aromatic nitrogens is 3. The Balaban J connectivity index is 1.78. The second-order valence-corrected chi connectivity index (χ2v) is 8.30. The van der Waals surface area contributed by atoms with Crippen LogP contribution in [0.2, 0.25) is 15.1 Å². The Morgan fingerprint density at radius 1 is 0.935 bits per heavy atom. The van der Waals surface area contributed by atoms with E-state index in [0.29, 0.717) is 37.8 Å². The van der Waals surface area contributed by atoms with Crippen molar-refractivity contribution in [3.8, 4) is 17.1 Å². The highest BCUT2D eigenvalue weighted by Gasteiger charge is 2.20. The average molecular weight is 472 g/mol. The third-order valence-corrected chi connectivity index (χ3v) is 5.65. The maximum atomic E-state index is 12.9. The Morgan fingerprint density at radius 2 is 1.74 bits per heavy atom. The molecule has 3 aromatic carbocycles. The molecule has 4 rings (SSSR count). The first-order chi connectivity index (χ1) is 14.8. The Morgan fingerprint density at radius 3 is 2.45 bits per heavy atom. The number of carbonyl (C=O) groups excluding carboxylic acids is 1. The van der Waals surface area contributed by atoms with E-state index in [0.717, 1.165) is 11.1 Å². The van der Waals surface area contributed by atoms with Crippen LogP contribution in [0.3, 0.4) is 0 Å². The lowest BCUT2D eigenvalue weighted by Crippen LogP contribution is -2.15. The normalized spacial score (nSPS) is 10.9. The topological polar surface area (TPSA) is 59.8 Å². The number of nitrogens with one attached hydrogen (secondary N) is 1. The van der Waals surface area contributed by atoms with Gasteiger partial charge in [0.15, 0.2) is 5.82 Å². The Kier molecular flexibility index (Phi) is 6.01. The predicted octanol–water partition coefficient (Wildman–Crippen LogP) is 6.76. The van der Waals surface area contributed by atoms with Gasteiger partial charge in [-0.25, -0.2) is 9.67 Å². The molecule has 31 heavy (non-hydrogen) atoms. The molecule has 0 aliphatic heterocycles. The van der Waals surface area contributed by atoms with Gasteiger partial charge in [0.05, 0.1) is 15.7 Å². The van der Waals surface area contributed by atoms with Crippen molar-refractivity contribution < 1.29 is 4.79 Å². The summed E-state index contributed by atoms with van der Waals surface area (Å²) in [5, 5.41) is 8.66. The van der Waals surface area contributed by atoms with E-state index < -0.39 is 5.91 Å². The van der Waals surface area contributed by atoms with Crippen molar-refractivity contribution in [2.24, 2.45) is 0 Å². The molecular weight excluding hydrogens is 455 g/mol. The van der Waals surface area contributed by atoms with Gasteiger partial charge in [-0.15, -0.1) is 5.10 Å². The minimum atomic E-state index is -0.422. The summed E-state index contributed by atoms with van der Waals surface area (Å²) in [5.74, 6) is 0.0433. The molecule has 0 radical (unpaired) electrons. The van der Waals surface area contributed by atoms with Gasteiger partial charge in [0.2, 0.25) is 5.82 Å². The van der Waals surface area contributed by atoms with Gasteiger partial charge in [0, 0.05) is 16.3 Å². The van der Waals surface area contributed by atoms with Crippen LogP contribution in [0.5, 0.6) is 0 Å². The fraction of sp³-hybridized carbons (Fsp3) is 0.0870. The molecule has 4 aromatic rings. The van der Waals surface area contributed by atoms with Crippen LogP contribution in [0.4, 0.5) is 5.69 Å². The fourth-order valence-electron chi connectivity index (χ4n) is 3.15. The number of hydrogen-bond acceptors (Lipinski definition) is 3. The van der Waals surface area contributed by atoms with Gasteiger partial charge in [-0.1, -0.05) is 64.6 Å². The average Bonchev–Trinajstić information content (AvgIpc) is 3.18. The minimum absolute atomic E-state index is 0.0148. The summed E-state index contributed by atoms with van der Waals surface area (Å²) in [6.45, 7) is 3.93. The van der Waals surface area contributed by atoms with E-state index in [2.05, 4.69) is 15.4 Å². The van der Waals surface area contributed by atoms with Crippen molar-refractivity contribution in [3.63, 3.8) is 0 Å². The first-order valence-electron chi connectivity index (χ1n) is 9.39. The highest BCUT2D eigenvalue weighted by molar-refractivity contribution is 6.42. The van der Waals surface area contributed by atoms with E-state index in [9.17, 15) is 4.79 Å². The molecule has 5 nitrogen and oxygen atoms in total. The Bertz CT molecular complexity index is 1300. The van der Waals surface area contributed by atoms with Crippen LogP contribution in [-0.4, -0.2) is 20.7 Å². The number of nitrogens with zero attached hydrogens (tertiary/aromatic N) is 3. The summed E-state index contributed by atoms with van der Waals surface area (Å²) < 4.78 is 1.55. The number of rotatable bonds is 4. The molecule has 0 saturated carbocycles. The van der Waals surface area contributed by atoms with E-state index in [4.69, 9.17) is 34.8 Å². The number of carbonyl (C=O) groups is 1. The summed E-state index contributed by atoms with van der Waals surface area (Å²) in [6.07, 6.45) is 0. The first kappa shape index (κ1) is 21.4. The number of hydrogen-bond donors (Lipinski definition) is 1. The molecule has 1 heterocycles. The van der Waals surface area contributed by atoms with E-state index in [1.807, 2.05) is 38.1 Å². The molecule has 0 aliphatic carbocycles. The van der Waals surface area contributed by atoms with E-state index in [1.165, 1.54) is 0 Å². The van der Waals surface area contributed by atoms with Crippen molar-refractivity contribution in [1.82, 2.24) is 14.8 Å². The van der Waals surface area contributed by atoms with Gasteiger partial charge < -0.3 is 5.32 Å². The number of benzene rings is 3. The standard InChI is InChI=1S/C23H17Cl3N4O/c1-13-6-9-20(14(2)10-13)27-23(31)21-28-22(15-4-3-5-16(24)11-15)30(29-21)17-7-8-18(25)19(26)12-17/h3-12H,1-2H3,(H,27,31). The van der Waals surface area contributed by atoms with E-state index in [-0.39, 0.29) is 5.82 Å². The van der Waals surface area contributed by atoms with Gasteiger partial charge in [-0.2, -0.15) is 0 Å². The predicted molar refractivity (Wildman–Crippen MR) is 126 cm³/mol. The zero-order valence-electron chi connectivity index (χ0n) is 16.7. The molecule has 0 saturated heterocycles. The van der Waals surface area contributed by atoms with Gasteiger partial charge in [0.1, 0.15) is 0 Å². The molecule has 8 heteroatoms. The molecule has 156 valence electrons. The van der Waals surface area contributed by atoms with Crippen LogP contribution in [-0.2, 0) is 0 Å². The lowest BCUT2D eigenvalue weighted by Gasteiger charge is -2.07. The van der Waals surface area contributed by atoms with Crippen molar-refractivity contribution >= 4 is 46.4 Å². The van der Waals surface area contributed by atoms with Crippen molar-refractivity contribution in [1.29, 1.82) is 0 Å². The maximum absolute atomic E-state index is 12.9. The second kappa shape index (κ2) is 8.71. The summed E-state index contributed by atoms with van der Waals surface area (Å²) in [5.41, 5.74) is 4.08. The maximum Gasteiger partial charge on any atom is 0.295 e. The number of amides is 1. The SMILES string of the molecule is Cc1ccc(NC(=O)c2nc(-c3cccc(Cl)c3)n(-c3ccc(Cl)c(Cl)c3)n2)c(C)c1. The van der Waals surface area contributed by atoms with Gasteiger partial charge >= 0.3 is 0 Å². The second-order valence-electron chi connectivity index (χ2n) is 7.05. The lowest BCUT2D eigenvalue weighted by atomic mass is 10.1. The summed E-state index contributed by atoms with van der Waals surface area (Å²) in [7, 11) is 0. The van der Waals surface area contributed by atoms with E-state index in [1.54, 1.807) is 41.1 Å². The molecular formula is C23H17Cl3N4O. The van der Waals surface area contributed by atoms with Gasteiger partial charge in [-0.3, -0.25) is 4.79 Å². The van der Waals surface area contributed by atoms with Crippen LogP contribution >= 0.6 is 34.8 Å². The van der Waals surface area contributed by atoms with Crippen molar-refractivity contribution in [2.75, 3.05) is 5.32 Å². The Hall–Kier alpha value is -2.86.